The molecule has 0 aliphatic carbocycles. The highest BCUT2D eigenvalue weighted by atomic mass is 32.1. The molecule has 2 atom stereocenters. The number of nitrogens with zero attached hydrogens (tertiary/aromatic N) is 2. The van der Waals surface area contributed by atoms with Crippen LogP contribution in [0.5, 0.6) is 0 Å². The van der Waals surface area contributed by atoms with Crippen molar-refractivity contribution in [1.29, 1.82) is 5.26 Å². The topological polar surface area (TPSA) is 68.2 Å². The third-order valence-electron chi connectivity index (χ3n) is 3.63. The quantitative estimate of drug-likeness (QED) is 0.502. The van der Waals surface area contributed by atoms with Gasteiger partial charge in [0.1, 0.15) is 11.8 Å². The molecular formula is C17H14N2O3S2. The number of furan rings is 1. The van der Waals surface area contributed by atoms with Crippen LogP contribution in [0.4, 0.5) is 0 Å². The number of esters is 1. The fourth-order valence-corrected chi connectivity index (χ4v) is 4.03. The van der Waals surface area contributed by atoms with Crippen molar-refractivity contribution in [3.63, 3.8) is 0 Å². The first-order valence-corrected chi connectivity index (χ1v) is 8.59. The molecule has 0 aliphatic rings. The van der Waals surface area contributed by atoms with E-state index in [2.05, 4.69) is 6.07 Å². The van der Waals surface area contributed by atoms with E-state index in [9.17, 15) is 10.1 Å². The lowest BCUT2D eigenvalue weighted by molar-refractivity contribution is -0.147. The van der Waals surface area contributed by atoms with Gasteiger partial charge in [-0.2, -0.15) is 5.26 Å². The molecule has 3 aromatic rings. The van der Waals surface area contributed by atoms with Crippen molar-refractivity contribution in [1.82, 2.24) is 4.57 Å². The summed E-state index contributed by atoms with van der Waals surface area (Å²) in [4.78, 5) is 12.3. The first kappa shape index (κ1) is 16.4. The van der Waals surface area contributed by atoms with Gasteiger partial charge in [0.15, 0.2) is 9.87 Å². The molecule has 0 spiro atoms. The Hall–Kier alpha value is -2.43. The maximum atomic E-state index is 12.3. The molecule has 2 unspecified atom stereocenters. The van der Waals surface area contributed by atoms with Gasteiger partial charge in [-0.05, 0) is 43.4 Å². The normalized spacial score (nSPS) is 13.3. The highest BCUT2D eigenvalue weighted by Gasteiger charge is 2.35. The number of aromatic nitrogens is 1. The van der Waals surface area contributed by atoms with Crippen LogP contribution < -0.4 is 0 Å². The predicted octanol–water partition coefficient (Wildman–Crippen LogP) is 4.32. The SMILES string of the molecule is CCOC(=O)C(C#N)C(c1ccco1)n1c(=S)sc2ccccc21. The minimum absolute atomic E-state index is 0.206. The molecule has 0 bridgehead atoms. The van der Waals surface area contributed by atoms with Gasteiger partial charge in [-0.25, -0.2) is 0 Å². The first-order chi connectivity index (χ1) is 11.7. The van der Waals surface area contributed by atoms with Gasteiger partial charge >= 0.3 is 5.97 Å². The molecule has 0 saturated heterocycles. The number of nitriles is 1. The number of benzene rings is 1. The van der Waals surface area contributed by atoms with E-state index < -0.39 is 17.9 Å². The summed E-state index contributed by atoms with van der Waals surface area (Å²) in [5, 5.41) is 9.62. The molecule has 2 aromatic heterocycles. The van der Waals surface area contributed by atoms with Gasteiger partial charge in [0.05, 0.1) is 29.2 Å². The van der Waals surface area contributed by atoms with E-state index in [0.29, 0.717) is 9.71 Å². The largest absolute Gasteiger partial charge is 0.467 e. The summed E-state index contributed by atoms with van der Waals surface area (Å²) in [7, 11) is 0. The first-order valence-electron chi connectivity index (χ1n) is 7.37. The molecule has 122 valence electrons. The number of fused-ring (bicyclic) bond motifs is 1. The van der Waals surface area contributed by atoms with Crippen molar-refractivity contribution in [2.45, 2.75) is 13.0 Å². The van der Waals surface area contributed by atoms with E-state index in [1.165, 1.54) is 17.6 Å². The van der Waals surface area contributed by atoms with Crippen molar-refractivity contribution in [3.8, 4) is 6.07 Å². The third kappa shape index (κ3) is 2.86. The molecule has 1 aromatic carbocycles. The summed E-state index contributed by atoms with van der Waals surface area (Å²) in [5.74, 6) is -1.14. The molecule has 3 rings (SSSR count). The fourth-order valence-electron chi connectivity index (χ4n) is 2.63. The maximum Gasteiger partial charge on any atom is 0.325 e. The van der Waals surface area contributed by atoms with Crippen LogP contribution in [0, 0.1) is 21.2 Å². The zero-order valence-corrected chi connectivity index (χ0v) is 14.5. The Labute approximate surface area is 147 Å². The molecule has 0 amide bonds. The average Bonchev–Trinajstić information content (AvgIpc) is 3.20. The van der Waals surface area contributed by atoms with Crippen LogP contribution in [-0.4, -0.2) is 17.1 Å². The van der Waals surface area contributed by atoms with E-state index in [0.717, 1.165) is 10.2 Å². The van der Waals surface area contributed by atoms with Crippen molar-refractivity contribution in [3.05, 3.63) is 52.4 Å². The van der Waals surface area contributed by atoms with E-state index in [4.69, 9.17) is 21.4 Å². The zero-order valence-electron chi connectivity index (χ0n) is 12.8. The number of carbonyl (C=O) groups is 1. The molecular weight excluding hydrogens is 344 g/mol. The van der Waals surface area contributed by atoms with E-state index >= 15 is 0 Å². The van der Waals surface area contributed by atoms with Crippen molar-refractivity contribution >= 4 is 39.7 Å². The highest BCUT2D eigenvalue weighted by Crippen LogP contribution is 2.35. The van der Waals surface area contributed by atoms with Crippen LogP contribution in [-0.2, 0) is 9.53 Å². The molecule has 24 heavy (non-hydrogen) atoms. The minimum atomic E-state index is -1.05. The lowest BCUT2D eigenvalue weighted by Crippen LogP contribution is -2.28. The van der Waals surface area contributed by atoms with E-state index in [1.54, 1.807) is 23.6 Å². The van der Waals surface area contributed by atoms with Gasteiger partial charge in [0, 0.05) is 0 Å². The lowest BCUT2D eigenvalue weighted by Gasteiger charge is -2.21. The molecule has 0 radical (unpaired) electrons. The zero-order chi connectivity index (χ0) is 17.1. The molecule has 0 saturated carbocycles. The summed E-state index contributed by atoms with van der Waals surface area (Å²) in [6.07, 6.45) is 1.51. The van der Waals surface area contributed by atoms with Crippen molar-refractivity contribution < 1.29 is 13.9 Å². The number of hydrogen-bond acceptors (Lipinski definition) is 6. The van der Waals surface area contributed by atoms with E-state index in [-0.39, 0.29) is 6.61 Å². The molecule has 7 heteroatoms. The van der Waals surface area contributed by atoms with Crippen LogP contribution in [0.2, 0.25) is 0 Å². The third-order valence-corrected chi connectivity index (χ3v) is 5.01. The molecule has 0 aliphatic heterocycles. The molecule has 5 nitrogen and oxygen atoms in total. The summed E-state index contributed by atoms with van der Waals surface area (Å²) >= 11 is 6.93. The smallest absolute Gasteiger partial charge is 0.325 e. The number of ether oxygens (including phenoxy) is 1. The van der Waals surface area contributed by atoms with Crippen molar-refractivity contribution in [2.75, 3.05) is 6.61 Å². The summed E-state index contributed by atoms with van der Waals surface area (Å²) in [5.41, 5.74) is 0.860. The second-order valence-electron chi connectivity index (χ2n) is 5.02. The summed E-state index contributed by atoms with van der Waals surface area (Å²) in [6, 6.07) is 12.5. The molecule has 0 N–H and O–H groups in total. The number of thiazole rings is 1. The number of carbonyl (C=O) groups excluding carboxylic acids is 1. The number of rotatable bonds is 5. The van der Waals surface area contributed by atoms with Crippen LogP contribution in [0.3, 0.4) is 0 Å². The summed E-state index contributed by atoms with van der Waals surface area (Å²) < 4.78 is 14.0. The van der Waals surface area contributed by atoms with Gasteiger partial charge < -0.3 is 13.7 Å². The van der Waals surface area contributed by atoms with Crippen LogP contribution in [0.15, 0.2) is 47.1 Å². The van der Waals surface area contributed by atoms with Crippen molar-refractivity contribution in [2.24, 2.45) is 5.92 Å². The Morgan fingerprint density at radius 1 is 1.42 bits per heavy atom. The molecule has 0 fully saturated rings. The highest BCUT2D eigenvalue weighted by molar-refractivity contribution is 7.73. The lowest BCUT2D eigenvalue weighted by atomic mass is 9.98. The molecule has 2 heterocycles. The second-order valence-corrected chi connectivity index (χ2v) is 6.70. The van der Waals surface area contributed by atoms with Gasteiger partial charge in [-0.15, -0.1) is 11.3 Å². The van der Waals surface area contributed by atoms with Gasteiger partial charge in [0.25, 0.3) is 0 Å². The van der Waals surface area contributed by atoms with Crippen LogP contribution in [0.1, 0.15) is 18.7 Å². The fraction of sp³-hybridized carbons (Fsp3) is 0.235. The predicted molar refractivity (Wildman–Crippen MR) is 93.2 cm³/mol. The Morgan fingerprint density at radius 3 is 2.88 bits per heavy atom. The number of hydrogen-bond donors (Lipinski definition) is 0. The maximum absolute atomic E-state index is 12.3. The average molecular weight is 358 g/mol. The number of para-hydroxylation sites is 1. The summed E-state index contributed by atoms with van der Waals surface area (Å²) in [6.45, 7) is 1.91. The second kappa shape index (κ2) is 6.99. The Balaban J connectivity index is 2.22. The van der Waals surface area contributed by atoms with Gasteiger partial charge in [0.2, 0.25) is 0 Å². The minimum Gasteiger partial charge on any atom is -0.467 e. The van der Waals surface area contributed by atoms with Gasteiger partial charge in [-0.3, -0.25) is 4.79 Å². The van der Waals surface area contributed by atoms with Gasteiger partial charge in [-0.1, -0.05) is 12.1 Å². The Morgan fingerprint density at radius 2 is 2.21 bits per heavy atom. The van der Waals surface area contributed by atoms with Crippen LogP contribution >= 0.6 is 23.6 Å². The standard InChI is InChI=1S/C17H14N2O3S2/c1-2-21-16(20)11(10-18)15(13-7-5-9-22-13)19-12-6-3-4-8-14(12)24-17(19)23/h3-9,11,15H,2H2,1H3. The Bertz CT molecular complexity index is 950. The Kier molecular flexibility index (Phi) is 4.79. The van der Waals surface area contributed by atoms with Crippen LogP contribution in [0.25, 0.3) is 10.2 Å². The monoisotopic (exact) mass is 358 g/mol. The van der Waals surface area contributed by atoms with E-state index in [1.807, 2.05) is 24.3 Å².